The van der Waals surface area contributed by atoms with E-state index < -0.39 is 13.1 Å². The van der Waals surface area contributed by atoms with Gasteiger partial charge in [0.05, 0.1) is 17.3 Å². The van der Waals surface area contributed by atoms with Crippen LogP contribution in [0.4, 0.5) is 0 Å². The molecule has 2 atom stereocenters. The molecule has 0 amide bonds. The van der Waals surface area contributed by atoms with Gasteiger partial charge in [-0.05, 0) is 72.4 Å². The normalized spacial score (nSPS) is 17.5. The summed E-state index contributed by atoms with van der Waals surface area (Å²) < 4.78 is 45.5. The van der Waals surface area contributed by atoms with E-state index >= 15 is 0 Å². The molecule has 0 fully saturated rings. The molecule has 0 N–H and O–H groups in total. The van der Waals surface area contributed by atoms with Gasteiger partial charge in [0, 0.05) is 25.8 Å². The number of methoxy groups -OCH3 is 2. The summed E-state index contributed by atoms with van der Waals surface area (Å²) in [7, 11) is 1.41. The second-order valence-electron chi connectivity index (χ2n) is 12.7. The first-order valence-corrected chi connectivity index (χ1v) is 19.8. The zero-order chi connectivity index (χ0) is 33.9. The standard InChI is InChI=1S/C37H48O8SSi/c1-36(2,3)47(7,8)45-23-22-41-30-17-15-29(16-18-30)40-21-9-10-34-33-20-19-32(44-27-39-5)24-35(33)42-25-37(34,46-6)28-11-13-31(14-12-28)43-26-38-4/h11-20,24,34H,21-23,25-27H2,1-8H3. The lowest BCUT2D eigenvalue weighted by Gasteiger charge is -2.42. The zero-order valence-corrected chi connectivity index (χ0v) is 30.7. The van der Waals surface area contributed by atoms with Crippen molar-refractivity contribution in [2.45, 2.75) is 49.6 Å². The van der Waals surface area contributed by atoms with E-state index in [-0.39, 0.29) is 31.1 Å². The zero-order valence-electron chi connectivity index (χ0n) is 28.8. The topological polar surface area (TPSA) is 73.8 Å². The summed E-state index contributed by atoms with van der Waals surface area (Å²) in [6.45, 7) is 13.3. The summed E-state index contributed by atoms with van der Waals surface area (Å²) in [6.07, 6.45) is 2.09. The molecule has 0 spiro atoms. The molecule has 3 aromatic rings. The Morgan fingerprint density at radius 2 is 1.38 bits per heavy atom. The quantitative estimate of drug-likeness (QED) is 0.0690. The smallest absolute Gasteiger partial charge is 0.192 e. The number of thioether (sulfide) groups is 1. The van der Waals surface area contributed by atoms with Crippen LogP contribution >= 0.6 is 11.8 Å². The fourth-order valence-electron chi connectivity index (χ4n) is 4.88. The molecule has 0 aromatic heterocycles. The minimum Gasteiger partial charge on any atom is -0.491 e. The van der Waals surface area contributed by atoms with Crippen molar-refractivity contribution in [3.05, 3.63) is 77.9 Å². The van der Waals surface area contributed by atoms with Crippen LogP contribution in [0.5, 0.6) is 28.7 Å². The van der Waals surface area contributed by atoms with Crippen molar-refractivity contribution in [1.29, 1.82) is 0 Å². The van der Waals surface area contributed by atoms with E-state index in [4.69, 9.17) is 37.6 Å². The maximum atomic E-state index is 6.37. The molecule has 10 heteroatoms. The van der Waals surface area contributed by atoms with E-state index in [1.165, 1.54) is 0 Å². The van der Waals surface area contributed by atoms with Crippen molar-refractivity contribution in [2.24, 2.45) is 0 Å². The van der Waals surface area contributed by atoms with E-state index in [1.807, 2.05) is 54.6 Å². The summed E-state index contributed by atoms with van der Waals surface area (Å²) in [5, 5.41) is 0.174. The molecule has 1 aliphatic heterocycles. The largest absolute Gasteiger partial charge is 0.491 e. The summed E-state index contributed by atoms with van der Waals surface area (Å²) >= 11 is 1.72. The van der Waals surface area contributed by atoms with Crippen LogP contribution in [0.3, 0.4) is 0 Å². The predicted octanol–water partition coefficient (Wildman–Crippen LogP) is 7.87. The first kappa shape index (κ1) is 36.5. The van der Waals surface area contributed by atoms with Gasteiger partial charge in [0.2, 0.25) is 0 Å². The molecule has 0 saturated heterocycles. The maximum absolute atomic E-state index is 6.37. The molecule has 4 rings (SSSR count). The van der Waals surface area contributed by atoms with Crippen molar-refractivity contribution in [3.8, 4) is 40.6 Å². The third-order valence-electron chi connectivity index (χ3n) is 8.60. The summed E-state index contributed by atoms with van der Waals surface area (Å²) in [5.41, 5.74) is 2.08. The van der Waals surface area contributed by atoms with E-state index in [9.17, 15) is 0 Å². The van der Waals surface area contributed by atoms with Crippen LogP contribution in [0.15, 0.2) is 66.7 Å². The van der Waals surface area contributed by atoms with Gasteiger partial charge in [0.15, 0.2) is 21.9 Å². The Morgan fingerprint density at radius 1 is 0.809 bits per heavy atom. The molecule has 0 bridgehead atoms. The summed E-state index contributed by atoms with van der Waals surface area (Å²) in [6, 6.07) is 21.5. The molecule has 1 heterocycles. The lowest BCUT2D eigenvalue weighted by Crippen LogP contribution is -2.41. The van der Waals surface area contributed by atoms with Gasteiger partial charge in [0.1, 0.15) is 48.6 Å². The maximum Gasteiger partial charge on any atom is 0.192 e. The third-order valence-corrected chi connectivity index (χ3v) is 14.5. The Bertz CT molecular complexity index is 1480. The molecule has 0 radical (unpaired) electrons. The van der Waals surface area contributed by atoms with Crippen LogP contribution in [-0.4, -0.2) is 68.8 Å². The Morgan fingerprint density at radius 3 is 2.00 bits per heavy atom. The lowest BCUT2D eigenvalue weighted by atomic mass is 9.79. The Labute approximate surface area is 285 Å². The van der Waals surface area contributed by atoms with Crippen LogP contribution in [0.1, 0.15) is 37.8 Å². The number of benzene rings is 3. The molecule has 2 unspecified atom stereocenters. The minimum atomic E-state index is -1.79. The van der Waals surface area contributed by atoms with Crippen LogP contribution in [0.25, 0.3) is 0 Å². The van der Waals surface area contributed by atoms with Gasteiger partial charge in [0.25, 0.3) is 0 Å². The lowest BCUT2D eigenvalue weighted by molar-refractivity contribution is 0.0506. The molecule has 1 aliphatic rings. The fraction of sp³-hybridized carbons (Fsp3) is 0.459. The van der Waals surface area contributed by atoms with Crippen LogP contribution in [0.2, 0.25) is 18.1 Å². The van der Waals surface area contributed by atoms with Crippen molar-refractivity contribution in [2.75, 3.05) is 60.5 Å². The molecule has 8 nitrogen and oxygen atoms in total. The van der Waals surface area contributed by atoms with Crippen molar-refractivity contribution < 1.29 is 37.6 Å². The SMILES string of the molecule is COCOc1ccc(C2(SC)COc3cc(OCOC)ccc3C2C#CCOc2ccc(OCCO[Si](C)(C)C(C)(C)C)cc2)cc1. The van der Waals surface area contributed by atoms with E-state index in [0.29, 0.717) is 25.6 Å². The molecule has 3 aromatic carbocycles. The number of rotatable bonds is 15. The number of fused-ring (bicyclic) bond motifs is 1. The highest BCUT2D eigenvalue weighted by molar-refractivity contribution is 7.99. The minimum absolute atomic E-state index is 0.157. The van der Waals surface area contributed by atoms with E-state index in [0.717, 1.165) is 34.1 Å². The highest BCUT2D eigenvalue weighted by atomic mass is 32.2. The second-order valence-corrected chi connectivity index (χ2v) is 18.6. The van der Waals surface area contributed by atoms with Gasteiger partial charge in [-0.3, -0.25) is 0 Å². The van der Waals surface area contributed by atoms with Crippen LogP contribution in [0, 0.1) is 11.8 Å². The summed E-state index contributed by atoms with van der Waals surface area (Å²) in [4.78, 5) is 0. The monoisotopic (exact) mass is 680 g/mol. The Kier molecular flexibility index (Phi) is 12.9. The third kappa shape index (κ3) is 9.39. The Balaban J connectivity index is 1.46. The van der Waals surface area contributed by atoms with Gasteiger partial charge in [-0.2, -0.15) is 0 Å². The predicted molar refractivity (Wildman–Crippen MR) is 190 cm³/mol. The van der Waals surface area contributed by atoms with E-state index in [1.54, 1.807) is 26.0 Å². The van der Waals surface area contributed by atoms with Crippen molar-refractivity contribution in [3.63, 3.8) is 0 Å². The van der Waals surface area contributed by atoms with Crippen molar-refractivity contribution in [1.82, 2.24) is 0 Å². The molecule has 47 heavy (non-hydrogen) atoms. The van der Waals surface area contributed by atoms with Gasteiger partial charge in [-0.15, -0.1) is 11.8 Å². The van der Waals surface area contributed by atoms with Gasteiger partial charge in [-0.25, -0.2) is 0 Å². The van der Waals surface area contributed by atoms with Gasteiger partial charge >= 0.3 is 0 Å². The highest BCUT2D eigenvalue weighted by Crippen LogP contribution is 2.53. The van der Waals surface area contributed by atoms with Crippen molar-refractivity contribution >= 4 is 20.1 Å². The number of ether oxygens (including phenoxy) is 7. The molecular formula is C37H48O8SSi. The van der Waals surface area contributed by atoms with E-state index in [2.05, 4.69) is 64.1 Å². The van der Waals surface area contributed by atoms with Gasteiger partial charge < -0.3 is 37.6 Å². The first-order chi connectivity index (χ1) is 22.5. The second kappa shape index (κ2) is 16.7. The Hall–Kier alpha value is -3.33. The van der Waals surface area contributed by atoms with Crippen LogP contribution < -0.4 is 23.7 Å². The summed E-state index contributed by atoms with van der Waals surface area (Å²) in [5.74, 6) is 10.3. The fourth-order valence-corrected chi connectivity index (χ4v) is 6.88. The van der Waals surface area contributed by atoms with Crippen LogP contribution in [-0.2, 0) is 18.6 Å². The molecular weight excluding hydrogens is 633 g/mol. The molecule has 0 saturated carbocycles. The first-order valence-electron chi connectivity index (χ1n) is 15.7. The molecule has 0 aliphatic carbocycles. The highest BCUT2D eigenvalue weighted by Gasteiger charge is 2.45. The number of hydrogen-bond donors (Lipinski definition) is 0. The average molecular weight is 681 g/mol. The molecule has 254 valence electrons. The van der Waals surface area contributed by atoms with Gasteiger partial charge in [-0.1, -0.05) is 50.8 Å². The number of hydrogen-bond acceptors (Lipinski definition) is 9. The average Bonchev–Trinajstić information content (AvgIpc) is 3.07.